The molecule has 0 bridgehead atoms. The minimum Gasteiger partial charge on any atom is -0.453 e. The number of anilines is 2. The topological polar surface area (TPSA) is 61.3 Å². The van der Waals surface area contributed by atoms with Crippen LogP contribution in [0.2, 0.25) is 0 Å². The zero-order valence-corrected chi connectivity index (χ0v) is 10.0. The molecule has 0 aliphatic rings. The highest BCUT2D eigenvalue weighted by Crippen LogP contribution is 2.34. The Bertz CT molecular complexity index is 509. The second-order valence-corrected chi connectivity index (χ2v) is 4.19. The molecule has 3 nitrogen and oxygen atoms in total. The third-order valence-corrected chi connectivity index (χ3v) is 2.53. The Morgan fingerprint density at radius 1 is 0.824 bits per heavy atom. The van der Waals surface area contributed by atoms with E-state index < -0.39 is 0 Å². The van der Waals surface area contributed by atoms with Crippen LogP contribution in [-0.4, -0.2) is 0 Å². The van der Waals surface area contributed by atoms with Gasteiger partial charge in [-0.25, -0.2) is 0 Å². The fourth-order valence-electron chi connectivity index (χ4n) is 1.67. The first kappa shape index (κ1) is 11.3. The van der Waals surface area contributed by atoms with E-state index >= 15 is 0 Å². The molecule has 0 spiro atoms. The summed E-state index contributed by atoms with van der Waals surface area (Å²) in [5.41, 5.74) is 15.1. The molecule has 0 aromatic heterocycles. The summed E-state index contributed by atoms with van der Waals surface area (Å²) in [5, 5.41) is 0. The van der Waals surface area contributed by atoms with Crippen LogP contribution in [-0.2, 0) is 0 Å². The molecule has 17 heavy (non-hydrogen) atoms. The molecule has 2 rings (SSSR count). The molecule has 0 radical (unpaired) electrons. The van der Waals surface area contributed by atoms with Gasteiger partial charge >= 0.3 is 0 Å². The summed E-state index contributed by atoms with van der Waals surface area (Å²) in [6, 6.07) is 11.5. The maximum Gasteiger partial charge on any atom is 0.173 e. The van der Waals surface area contributed by atoms with E-state index in [1.54, 1.807) is 0 Å². The zero-order chi connectivity index (χ0) is 12.4. The molecule has 2 aromatic carbocycles. The Labute approximate surface area is 101 Å². The molecule has 2 aromatic rings. The Morgan fingerprint density at radius 3 is 1.88 bits per heavy atom. The molecule has 0 fully saturated rings. The van der Waals surface area contributed by atoms with Crippen molar-refractivity contribution in [1.82, 2.24) is 0 Å². The van der Waals surface area contributed by atoms with Gasteiger partial charge in [-0.1, -0.05) is 17.7 Å². The number of aryl methyl sites for hydroxylation is 2. The van der Waals surface area contributed by atoms with Gasteiger partial charge < -0.3 is 16.2 Å². The maximum atomic E-state index is 5.89. The van der Waals surface area contributed by atoms with Gasteiger partial charge in [-0.3, -0.25) is 0 Å². The van der Waals surface area contributed by atoms with Crippen LogP contribution >= 0.6 is 0 Å². The monoisotopic (exact) mass is 228 g/mol. The lowest BCUT2D eigenvalue weighted by atomic mass is 10.2. The first-order valence-electron chi connectivity index (χ1n) is 5.46. The first-order valence-corrected chi connectivity index (χ1v) is 5.46. The number of hydrogen-bond acceptors (Lipinski definition) is 3. The van der Waals surface area contributed by atoms with Gasteiger partial charge in [0.15, 0.2) is 5.75 Å². The normalized spacial score (nSPS) is 10.2. The van der Waals surface area contributed by atoms with Crippen molar-refractivity contribution >= 4 is 11.4 Å². The van der Waals surface area contributed by atoms with E-state index in [1.807, 2.05) is 50.2 Å². The first-order chi connectivity index (χ1) is 8.06. The van der Waals surface area contributed by atoms with Gasteiger partial charge in [0.2, 0.25) is 0 Å². The second kappa shape index (κ2) is 4.37. The van der Waals surface area contributed by atoms with Gasteiger partial charge in [0, 0.05) is 0 Å². The summed E-state index contributed by atoms with van der Waals surface area (Å²) in [7, 11) is 0. The quantitative estimate of drug-likeness (QED) is 0.775. The predicted octanol–water partition coefficient (Wildman–Crippen LogP) is 3.26. The second-order valence-electron chi connectivity index (χ2n) is 4.19. The molecule has 0 aliphatic carbocycles. The molecule has 88 valence electrons. The van der Waals surface area contributed by atoms with Crippen molar-refractivity contribution in [3.8, 4) is 11.5 Å². The SMILES string of the molecule is Cc1ccc(Oc2c(N)cc(C)cc2N)cc1. The third kappa shape index (κ3) is 2.50. The minimum absolute atomic E-state index is 0.527. The van der Waals surface area contributed by atoms with E-state index in [0.717, 1.165) is 11.3 Å². The van der Waals surface area contributed by atoms with Crippen molar-refractivity contribution < 1.29 is 4.74 Å². The van der Waals surface area contributed by atoms with Crippen LogP contribution in [0.15, 0.2) is 36.4 Å². The summed E-state index contributed by atoms with van der Waals surface area (Å²) in [5.74, 6) is 1.26. The number of benzene rings is 2. The molecule has 0 amide bonds. The van der Waals surface area contributed by atoms with Crippen LogP contribution in [0.4, 0.5) is 11.4 Å². The van der Waals surface area contributed by atoms with Gasteiger partial charge in [-0.2, -0.15) is 0 Å². The van der Waals surface area contributed by atoms with E-state index in [2.05, 4.69) is 0 Å². The van der Waals surface area contributed by atoms with Crippen LogP contribution in [0.25, 0.3) is 0 Å². The molecule has 0 atom stereocenters. The fourth-order valence-corrected chi connectivity index (χ4v) is 1.67. The predicted molar refractivity (Wildman–Crippen MR) is 71.3 cm³/mol. The van der Waals surface area contributed by atoms with Gasteiger partial charge in [0.1, 0.15) is 5.75 Å². The van der Waals surface area contributed by atoms with Gasteiger partial charge in [0.25, 0.3) is 0 Å². The number of rotatable bonds is 2. The Balaban J connectivity index is 2.33. The lowest BCUT2D eigenvalue weighted by Gasteiger charge is -2.12. The van der Waals surface area contributed by atoms with Crippen LogP contribution in [0.5, 0.6) is 11.5 Å². The summed E-state index contributed by atoms with van der Waals surface area (Å²) >= 11 is 0. The van der Waals surface area contributed by atoms with E-state index in [1.165, 1.54) is 5.56 Å². The van der Waals surface area contributed by atoms with Crippen molar-refractivity contribution in [2.45, 2.75) is 13.8 Å². The molecular formula is C14H16N2O. The van der Waals surface area contributed by atoms with Gasteiger partial charge in [0.05, 0.1) is 11.4 Å². The van der Waals surface area contributed by atoms with E-state index in [9.17, 15) is 0 Å². The zero-order valence-electron chi connectivity index (χ0n) is 10.0. The highest BCUT2D eigenvalue weighted by atomic mass is 16.5. The van der Waals surface area contributed by atoms with Crippen molar-refractivity contribution in [2.75, 3.05) is 11.5 Å². The smallest absolute Gasteiger partial charge is 0.173 e. The molecule has 0 heterocycles. The van der Waals surface area contributed by atoms with Crippen LogP contribution in [0.3, 0.4) is 0 Å². The minimum atomic E-state index is 0.527. The number of nitrogens with two attached hydrogens (primary N) is 2. The number of nitrogen functional groups attached to an aromatic ring is 2. The molecule has 4 N–H and O–H groups in total. The van der Waals surface area contributed by atoms with Gasteiger partial charge in [-0.05, 0) is 43.7 Å². The van der Waals surface area contributed by atoms with Crippen molar-refractivity contribution in [2.24, 2.45) is 0 Å². The lowest BCUT2D eigenvalue weighted by Crippen LogP contribution is -1.98. The van der Waals surface area contributed by atoms with Crippen molar-refractivity contribution in [3.05, 3.63) is 47.5 Å². The van der Waals surface area contributed by atoms with E-state index in [4.69, 9.17) is 16.2 Å². The molecule has 0 aliphatic heterocycles. The highest BCUT2D eigenvalue weighted by molar-refractivity contribution is 5.69. The highest BCUT2D eigenvalue weighted by Gasteiger charge is 2.07. The lowest BCUT2D eigenvalue weighted by molar-refractivity contribution is 0.487. The summed E-state index contributed by atoms with van der Waals surface area (Å²) in [6.07, 6.45) is 0. The third-order valence-electron chi connectivity index (χ3n) is 2.53. The van der Waals surface area contributed by atoms with E-state index in [-0.39, 0.29) is 0 Å². The average Bonchev–Trinajstić information content (AvgIpc) is 2.26. The van der Waals surface area contributed by atoms with E-state index in [0.29, 0.717) is 17.1 Å². The number of ether oxygens (including phenoxy) is 1. The van der Waals surface area contributed by atoms with Gasteiger partial charge in [-0.15, -0.1) is 0 Å². The summed E-state index contributed by atoms with van der Waals surface area (Å²) < 4.78 is 5.70. The summed E-state index contributed by atoms with van der Waals surface area (Å²) in [6.45, 7) is 3.97. The molecule has 3 heteroatoms. The standard InChI is InChI=1S/C14H16N2O/c1-9-3-5-11(6-4-9)17-14-12(15)7-10(2)8-13(14)16/h3-8H,15-16H2,1-2H3. The van der Waals surface area contributed by atoms with Crippen LogP contribution in [0.1, 0.15) is 11.1 Å². The Kier molecular flexibility index (Phi) is 2.91. The van der Waals surface area contributed by atoms with Crippen LogP contribution in [0, 0.1) is 13.8 Å². The molecular weight excluding hydrogens is 212 g/mol. The largest absolute Gasteiger partial charge is 0.453 e. The van der Waals surface area contributed by atoms with Crippen molar-refractivity contribution in [3.63, 3.8) is 0 Å². The Hall–Kier alpha value is -2.16. The molecule has 0 saturated heterocycles. The molecule has 0 unspecified atom stereocenters. The molecule has 0 saturated carbocycles. The van der Waals surface area contributed by atoms with Crippen LogP contribution < -0.4 is 16.2 Å². The maximum absolute atomic E-state index is 5.89. The Morgan fingerprint density at radius 2 is 1.35 bits per heavy atom. The number of hydrogen-bond donors (Lipinski definition) is 2. The summed E-state index contributed by atoms with van der Waals surface area (Å²) in [4.78, 5) is 0. The average molecular weight is 228 g/mol. The fraction of sp³-hybridized carbons (Fsp3) is 0.143. The van der Waals surface area contributed by atoms with Crippen molar-refractivity contribution in [1.29, 1.82) is 0 Å².